The average molecular weight is 853 g/mol. The largest absolute Gasteiger partial charge is 0.465 e. The molecular weight excluding hydrogens is 801 g/mol. The number of rotatable bonds is 10. The standard InChI is InChI=1S/C54H52N4O6/c1-54(2,3)64-53(63)58(7)33-49-44-22-14-10-18-40(44)47(41-19-11-15-23-45(41)49)31-56(5)51(60)37-27-25-34-28-36(26-24-35(34)29-37)50(59)55(4)30-46-38-16-8-12-20-42(38)48(32-57(6)52(61)62)43-21-13-9-17-39(43)46/h8-29H,30-33H2,1-7H3,(H,61,62). The van der Waals surface area contributed by atoms with Gasteiger partial charge in [-0.05, 0) is 121 Å². The molecule has 8 rings (SSSR count). The van der Waals surface area contributed by atoms with E-state index in [4.69, 9.17) is 4.74 Å². The minimum absolute atomic E-state index is 0.135. The molecule has 10 nitrogen and oxygen atoms in total. The number of carbonyl (C=O) groups is 4. The monoisotopic (exact) mass is 852 g/mol. The third-order valence-electron chi connectivity index (χ3n) is 11.9. The molecule has 1 N–H and O–H groups in total. The molecule has 0 aliphatic heterocycles. The van der Waals surface area contributed by atoms with Crippen molar-refractivity contribution < 1.29 is 29.0 Å². The summed E-state index contributed by atoms with van der Waals surface area (Å²) < 4.78 is 5.67. The van der Waals surface area contributed by atoms with Crippen LogP contribution in [0.5, 0.6) is 0 Å². The number of ether oxygens (including phenoxy) is 1. The Morgan fingerprint density at radius 3 is 1.00 bits per heavy atom. The van der Waals surface area contributed by atoms with Crippen molar-refractivity contribution in [1.29, 1.82) is 0 Å². The van der Waals surface area contributed by atoms with Crippen LogP contribution in [0.3, 0.4) is 0 Å². The molecular formula is C54H52N4O6. The first-order valence-electron chi connectivity index (χ1n) is 21.3. The van der Waals surface area contributed by atoms with Crippen LogP contribution < -0.4 is 0 Å². The molecule has 0 saturated carbocycles. The molecule has 0 aliphatic rings. The Balaban J connectivity index is 1.04. The molecule has 0 spiro atoms. The van der Waals surface area contributed by atoms with E-state index in [0.29, 0.717) is 30.8 Å². The van der Waals surface area contributed by atoms with Crippen LogP contribution in [0.25, 0.3) is 53.9 Å². The summed E-state index contributed by atoms with van der Waals surface area (Å²) in [6.07, 6.45) is -1.40. The van der Waals surface area contributed by atoms with E-state index in [-0.39, 0.29) is 18.4 Å². The lowest BCUT2D eigenvalue weighted by molar-refractivity contribution is 0.0286. The van der Waals surface area contributed by atoms with Crippen molar-refractivity contribution in [3.05, 3.63) is 167 Å². The minimum Gasteiger partial charge on any atom is -0.465 e. The van der Waals surface area contributed by atoms with Gasteiger partial charge in [0.2, 0.25) is 0 Å². The number of benzene rings is 8. The van der Waals surface area contributed by atoms with Crippen LogP contribution >= 0.6 is 0 Å². The summed E-state index contributed by atoms with van der Waals surface area (Å²) in [7, 11) is 6.92. The average Bonchev–Trinajstić information content (AvgIpc) is 3.29. The van der Waals surface area contributed by atoms with Gasteiger partial charge in [-0.15, -0.1) is 0 Å². The smallest absolute Gasteiger partial charge is 0.410 e. The SMILES string of the molecule is CN(Cc1c2ccccc2c(CN(C)C(=O)c2ccc3cc(C(=O)N(C)Cc4c5ccccc5c(CN(C)C(=O)OC(C)(C)C)c5ccccc45)ccc3c2)c2ccccc12)C(=O)O. The van der Waals surface area contributed by atoms with Crippen LogP contribution in [0.2, 0.25) is 0 Å². The van der Waals surface area contributed by atoms with Crippen LogP contribution in [0, 0.1) is 0 Å². The van der Waals surface area contributed by atoms with Crippen LogP contribution in [-0.4, -0.2) is 82.5 Å². The van der Waals surface area contributed by atoms with Gasteiger partial charge >= 0.3 is 12.2 Å². The zero-order chi connectivity index (χ0) is 45.4. The number of amides is 4. The molecule has 0 fully saturated rings. The van der Waals surface area contributed by atoms with Crippen LogP contribution in [0.15, 0.2) is 133 Å². The molecule has 0 saturated heterocycles. The van der Waals surface area contributed by atoms with Crippen molar-refractivity contribution in [2.24, 2.45) is 0 Å². The summed E-state index contributed by atoms with van der Waals surface area (Å²) in [6, 6.07) is 43.3. The molecule has 324 valence electrons. The first-order chi connectivity index (χ1) is 30.6. The number of fused-ring (bicyclic) bond motifs is 5. The maximum Gasteiger partial charge on any atom is 0.410 e. The highest BCUT2D eigenvalue weighted by atomic mass is 16.6. The predicted molar refractivity (Wildman–Crippen MR) is 256 cm³/mol. The number of carboxylic acid groups (broad SMARTS) is 1. The lowest BCUT2D eigenvalue weighted by Crippen LogP contribution is -2.34. The van der Waals surface area contributed by atoms with Gasteiger partial charge in [-0.1, -0.05) is 109 Å². The second-order valence-corrected chi connectivity index (χ2v) is 17.7. The second-order valence-electron chi connectivity index (χ2n) is 17.7. The molecule has 8 aromatic carbocycles. The van der Waals surface area contributed by atoms with Crippen molar-refractivity contribution in [3.8, 4) is 0 Å². The van der Waals surface area contributed by atoms with Gasteiger partial charge in [0.1, 0.15) is 5.60 Å². The molecule has 0 aliphatic carbocycles. The van der Waals surface area contributed by atoms with Crippen molar-refractivity contribution in [2.45, 2.75) is 52.6 Å². The van der Waals surface area contributed by atoms with E-state index in [1.165, 1.54) is 4.90 Å². The third kappa shape index (κ3) is 8.51. The van der Waals surface area contributed by atoms with Gasteiger partial charge in [0.15, 0.2) is 0 Å². The molecule has 0 atom stereocenters. The lowest BCUT2D eigenvalue weighted by atomic mass is 9.91. The van der Waals surface area contributed by atoms with Gasteiger partial charge in [-0.3, -0.25) is 9.59 Å². The van der Waals surface area contributed by atoms with Crippen molar-refractivity contribution in [3.63, 3.8) is 0 Å². The van der Waals surface area contributed by atoms with Crippen molar-refractivity contribution >= 4 is 77.9 Å². The Morgan fingerprint density at radius 1 is 0.438 bits per heavy atom. The minimum atomic E-state index is -1.00. The second kappa shape index (κ2) is 17.4. The van der Waals surface area contributed by atoms with E-state index < -0.39 is 17.8 Å². The van der Waals surface area contributed by atoms with E-state index in [1.54, 1.807) is 41.9 Å². The summed E-state index contributed by atoms with van der Waals surface area (Å²) >= 11 is 0. The molecule has 64 heavy (non-hydrogen) atoms. The highest BCUT2D eigenvalue weighted by Gasteiger charge is 2.24. The Kier molecular flexibility index (Phi) is 11.7. The van der Waals surface area contributed by atoms with Crippen LogP contribution in [0.1, 0.15) is 63.7 Å². The van der Waals surface area contributed by atoms with Gasteiger partial charge in [0, 0.05) is 65.5 Å². The zero-order valence-corrected chi connectivity index (χ0v) is 37.3. The van der Waals surface area contributed by atoms with Gasteiger partial charge < -0.3 is 29.4 Å². The van der Waals surface area contributed by atoms with E-state index >= 15 is 0 Å². The Morgan fingerprint density at radius 2 is 0.719 bits per heavy atom. The maximum absolute atomic E-state index is 14.2. The van der Waals surface area contributed by atoms with Crippen molar-refractivity contribution in [2.75, 3.05) is 28.2 Å². The van der Waals surface area contributed by atoms with E-state index in [0.717, 1.165) is 76.1 Å². The predicted octanol–water partition coefficient (Wildman–Crippen LogP) is 11.5. The highest BCUT2D eigenvalue weighted by molar-refractivity contribution is 6.08. The van der Waals surface area contributed by atoms with Gasteiger partial charge in [-0.25, -0.2) is 9.59 Å². The van der Waals surface area contributed by atoms with Gasteiger partial charge in [-0.2, -0.15) is 0 Å². The van der Waals surface area contributed by atoms with E-state index in [2.05, 4.69) is 24.3 Å². The summed E-state index contributed by atoms with van der Waals surface area (Å²) in [5.74, 6) is -0.282. The highest BCUT2D eigenvalue weighted by Crippen LogP contribution is 2.37. The quantitative estimate of drug-likeness (QED) is 0.137. The molecule has 0 unspecified atom stereocenters. The zero-order valence-electron chi connectivity index (χ0n) is 37.3. The summed E-state index contributed by atoms with van der Waals surface area (Å²) in [5.41, 5.74) is 4.38. The molecule has 0 aromatic heterocycles. The maximum atomic E-state index is 14.2. The van der Waals surface area contributed by atoms with E-state index in [9.17, 15) is 24.3 Å². The van der Waals surface area contributed by atoms with Gasteiger partial charge in [0.25, 0.3) is 11.8 Å². The topological polar surface area (TPSA) is 111 Å². The number of hydrogen-bond donors (Lipinski definition) is 1. The molecule has 4 amide bonds. The summed E-state index contributed by atoms with van der Waals surface area (Å²) in [4.78, 5) is 59.4. The first-order valence-corrected chi connectivity index (χ1v) is 21.3. The Bertz CT molecular complexity index is 3040. The molecule has 0 heterocycles. The number of hydrogen-bond acceptors (Lipinski definition) is 5. The van der Waals surface area contributed by atoms with E-state index in [1.807, 2.05) is 131 Å². The summed E-state index contributed by atoms with van der Waals surface area (Å²) in [5, 5.41) is 19.2. The third-order valence-corrected chi connectivity index (χ3v) is 11.9. The van der Waals surface area contributed by atoms with Crippen LogP contribution in [-0.2, 0) is 30.9 Å². The fourth-order valence-corrected chi connectivity index (χ4v) is 8.82. The molecule has 8 aromatic rings. The first kappa shape index (κ1) is 43.2. The fraction of sp³-hybridized carbons (Fsp3) is 0.222. The summed E-state index contributed by atoms with van der Waals surface area (Å²) in [6.45, 7) is 6.83. The normalized spacial score (nSPS) is 11.6. The Labute approximate surface area is 372 Å². The number of carbonyl (C=O) groups excluding carboxylic acids is 3. The molecule has 10 heteroatoms. The van der Waals surface area contributed by atoms with Crippen LogP contribution in [0.4, 0.5) is 9.59 Å². The molecule has 0 radical (unpaired) electrons. The van der Waals surface area contributed by atoms with Gasteiger partial charge in [0.05, 0.1) is 0 Å². The Hall–Kier alpha value is -7.46. The molecule has 0 bridgehead atoms. The van der Waals surface area contributed by atoms with Crippen molar-refractivity contribution in [1.82, 2.24) is 19.6 Å². The number of nitrogens with zero attached hydrogens (tertiary/aromatic N) is 4. The fourth-order valence-electron chi connectivity index (χ4n) is 8.82. The lowest BCUT2D eigenvalue weighted by Gasteiger charge is -2.26.